The summed E-state index contributed by atoms with van der Waals surface area (Å²) in [7, 11) is 0. The zero-order chi connectivity index (χ0) is 21.5. The molecule has 0 aliphatic heterocycles. The number of ether oxygens (including phenoxy) is 1. The number of halogens is 3. The molecule has 0 aliphatic carbocycles. The van der Waals surface area contributed by atoms with Crippen LogP contribution in [0.3, 0.4) is 0 Å². The van der Waals surface area contributed by atoms with E-state index in [1.165, 1.54) is 11.8 Å². The van der Waals surface area contributed by atoms with Gasteiger partial charge in [0.15, 0.2) is 11.0 Å². The van der Waals surface area contributed by atoms with Gasteiger partial charge in [0.1, 0.15) is 12.4 Å². The lowest BCUT2D eigenvalue weighted by Crippen LogP contribution is -2.15. The summed E-state index contributed by atoms with van der Waals surface area (Å²) in [5.41, 5.74) is 0.464. The van der Waals surface area contributed by atoms with E-state index in [1.54, 1.807) is 24.3 Å². The van der Waals surface area contributed by atoms with E-state index >= 15 is 0 Å². The second-order valence-corrected chi connectivity index (χ2v) is 8.70. The van der Waals surface area contributed by atoms with Gasteiger partial charge in [0.05, 0.1) is 16.5 Å². The molecular formula is C20H17BrCl2N4O2S. The van der Waals surface area contributed by atoms with Gasteiger partial charge in [-0.05, 0) is 42.5 Å². The van der Waals surface area contributed by atoms with Crippen LogP contribution in [-0.4, -0.2) is 26.4 Å². The summed E-state index contributed by atoms with van der Waals surface area (Å²) < 4.78 is 8.61. The summed E-state index contributed by atoms with van der Waals surface area (Å²) in [5, 5.41) is 12.6. The zero-order valence-electron chi connectivity index (χ0n) is 15.6. The fourth-order valence-corrected chi connectivity index (χ4v) is 3.80. The average Bonchev–Trinajstić information content (AvgIpc) is 3.11. The molecule has 3 rings (SSSR count). The Morgan fingerprint density at radius 3 is 2.73 bits per heavy atom. The summed E-state index contributed by atoms with van der Waals surface area (Å²) in [6.45, 7) is 4.52. The molecule has 1 amide bonds. The number of rotatable bonds is 9. The lowest BCUT2D eigenvalue weighted by atomic mass is 10.3. The van der Waals surface area contributed by atoms with Gasteiger partial charge in [-0.2, -0.15) is 0 Å². The van der Waals surface area contributed by atoms with Gasteiger partial charge in [0.2, 0.25) is 5.91 Å². The number of nitrogens with one attached hydrogen (secondary N) is 1. The normalized spacial score (nSPS) is 10.6. The SMILES string of the molecule is C=CCn1c(COc2ccc(Br)cc2)nnc1SCC(=O)Nc1cc(Cl)ccc1Cl. The molecule has 1 heterocycles. The molecule has 0 radical (unpaired) electrons. The lowest BCUT2D eigenvalue weighted by Gasteiger charge is -2.10. The molecule has 0 spiro atoms. The van der Waals surface area contributed by atoms with Crippen LogP contribution in [0.25, 0.3) is 0 Å². The maximum Gasteiger partial charge on any atom is 0.234 e. The monoisotopic (exact) mass is 526 g/mol. The summed E-state index contributed by atoms with van der Waals surface area (Å²) in [5.74, 6) is 1.26. The third-order valence-corrected chi connectivity index (χ3v) is 5.88. The molecule has 30 heavy (non-hydrogen) atoms. The third-order valence-electron chi connectivity index (χ3n) is 3.82. The fraction of sp³-hybridized carbons (Fsp3) is 0.150. The molecule has 1 aromatic heterocycles. The fourth-order valence-electron chi connectivity index (χ4n) is 2.43. The minimum absolute atomic E-state index is 0.131. The Balaban J connectivity index is 1.62. The summed E-state index contributed by atoms with van der Waals surface area (Å²) in [4.78, 5) is 12.3. The van der Waals surface area contributed by atoms with Crippen molar-refractivity contribution in [2.75, 3.05) is 11.1 Å². The van der Waals surface area contributed by atoms with Crippen molar-refractivity contribution in [2.45, 2.75) is 18.3 Å². The van der Waals surface area contributed by atoms with Gasteiger partial charge in [-0.25, -0.2) is 0 Å². The van der Waals surface area contributed by atoms with E-state index in [4.69, 9.17) is 27.9 Å². The lowest BCUT2D eigenvalue weighted by molar-refractivity contribution is -0.113. The Morgan fingerprint density at radius 1 is 1.23 bits per heavy atom. The van der Waals surface area contributed by atoms with Crippen LogP contribution in [0.15, 0.2) is 64.7 Å². The first kappa shape index (κ1) is 22.7. The number of hydrogen-bond donors (Lipinski definition) is 1. The number of nitrogens with zero attached hydrogens (tertiary/aromatic N) is 3. The number of allylic oxidation sites excluding steroid dienone is 1. The minimum atomic E-state index is -0.231. The highest BCUT2D eigenvalue weighted by atomic mass is 79.9. The summed E-state index contributed by atoms with van der Waals surface area (Å²) in [6, 6.07) is 12.4. The first-order chi connectivity index (χ1) is 14.5. The first-order valence-corrected chi connectivity index (χ1v) is 11.3. The van der Waals surface area contributed by atoms with E-state index in [0.29, 0.717) is 33.3 Å². The van der Waals surface area contributed by atoms with Gasteiger partial charge in [-0.1, -0.05) is 57.0 Å². The van der Waals surface area contributed by atoms with E-state index in [-0.39, 0.29) is 18.3 Å². The maximum atomic E-state index is 12.3. The molecule has 3 aromatic rings. The van der Waals surface area contributed by atoms with Crippen LogP contribution in [0.1, 0.15) is 5.82 Å². The summed E-state index contributed by atoms with van der Waals surface area (Å²) in [6.07, 6.45) is 1.74. The van der Waals surface area contributed by atoms with E-state index in [2.05, 4.69) is 38.0 Å². The van der Waals surface area contributed by atoms with E-state index in [1.807, 2.05) is 28.8 Å². The van der Waals surface area contributed by atoms with Crippen molar-refractivity contribution in [2.24, 2.45) is 0 Å². The van der Waals surface area contributed by atoms with Crippen molar-refractivity contribution in [1.82, 2.24) is 14.8 Å². The standard InChI is InChI=1S/C20H17BrCl2N4O2S/c1-2-9-27-18(11-29-15-6-3-13(21)4-7-15)25-26-20(27)30-12-19(28)24-17-10-14(22)5-8-16(17)23/h2-8,10H,1,9,11-12H2,(H,24,28). The van der Waals surface area contributed by atoms with Gasteiger partial charge in [-0.15, -0.1) is 16.8 Å². The second kappa shape index (κ2) is 10.9. The van der Waals surface area contributed by atoms with Gasteiger partial charge >= 0.3 is 0 Å². The number of aromatic nitrogens is 3. The molecule has 156 valence electrons. The van der Waals surface area contributed by atoms with Crippen LogP contribution in [0.4, 0.5) is 5.69 Å². The number of amides is 1. The van der Waals surface area contributed by atoms with Crippen LogP contribution in [0, 0.1) is 0 Å². The average molecular weight is 528 g/mol. The Hall–Kier alpha value is -2.00. The molecule has 0 saturated carbocycles. The zero-order valence-corrected chi connectivity index (χ0v) is 19.6. The molecule has 0 fully saturated rings. The topological polar surface area (TPSA) is 69.0 Å². The molecule has 2 aromatic carbocycles. The Morgan fingerprint density at radius 2 is 2.00 bits per heavy atom. The number of thioether (sulfide) groups is 1. The number of benzene rings is 2. The van der Waals surface area contributed by atoms with Crippen LogP contribution < -0.4 is 10.1 Å². The molecule has 6 nitrogen and oxygen atoms in total. The quantitative estimate of drug-likeness (QED) is 0.279. The predicted octanol–water partition coefficient (Wildman–Crippen LogP) is 5.84. The Bertz CT molecular complexity index is 1040. The maximum absolute atomic E-state index is 12.3. The van der Waals surface area contributed by atoms with E-state index in [9.17, 15) is 4.79 Å². The van der Waals surface area contributed by atoms with Gasteiger partial charge < -0.3 is 10.1 Å². The largest absolute Gasteiger partial charge is 0.486 e. The molecule has 0 bridgehead atoms. The molecule has 10 heteroatoms. The molecule has 0 unspecified atom stereocenters. The number of hydrogen-bond acceptors (Lipinski definition) is 5. The smallest absolute Gasteiger partial charge is 0.234 e. The van der Waals surface area contributed by atoms with Crippen LogP contribution in [0.2, 0.25) is 10.0 Å². The van der Waals surface area contributed by atoms with Crippen LogP contribution >= 0.6 is 50.9 Å². The van der Waals surface area contributed by atoms with Crippen molar-refractivity contribution in [3.05, 3.63) is 75.5 Å². The van der Waals surface area contributed by atoms with Crippen LogP contribution in [-0.2, 0) is 17.9 Å². The third kappa shape index (κ3) is 6.25. The number of carbonyl (C=O) groups excluding carboxylic acids is 1. The number of carbonyl (C=O) groups is 1. The van der Waals surface area contributed by atoms with Gasteiger partial charge in [-0.3, -0.25) is 9.36 Å². The molecular weight excluding hydrogens is 511 g/mol. The first-order valence-electron chi connectivity index (χ1n) is 8.75. The molecule has 1 N–H and O–H groups in total. The van der Waals surface area contributed by atoms with E-state index < -0.39 is 0 Å². The van der Waals surface area contributed by atoms with Gasteiger partial charge in [0, 0.05) is 16.0 Å². The highest BCUT2D eigenvalue weighted by Crippen LogP contribution is 2.26. The van der Waals surface area contributed by atoms with Crippen LogP contribution in [0.5, 0.6) is 5.75 Å². The summed E-state index contributed by atoms with van der Waals surface area (Å²) >= 11 is 16.7. The molecule has 0 atom stereocenters. The second-order valence-electron chi connectivity index (χ2n) is 6.00. The Labute approximate surface area is 196 Å². The highest BCUT2D eigenvalue weighted by molar-refractivity contribution is 9.10. The van der Waals surface area contributed by atoms with Crippen molar-refractivity contribution in [3.8, 4) is 5.75 Å². The van der Waals surface area contributed by atoms with Crippen molar-refractivity contribution in [1.29, 1.82) is 0 Å². The Kier molecular flexibility index (Phi) is 8.21. The van der Waals surface area contributed by atoms with Crippen molar-refractivity contribution in [3.63, 3.8) is 0 Å². The number of anilines is 1. The van der Waals surface area contributed by atoms with Crippen molar-refractivity contribution >= 4 is 62.5 Å². The van der Waals surface area contributed by atoms with Gasteiger partial charge in [0.25, 0.3) is 0 Å². The minimum Gasteiger partial charge on any atom is -0.486 e. The van der Waals surface area contributed by atoms with Crippen molar-refractivity contribution < 1.29 is 9.53 Å². The van der Waals surface area contributed by atoms with E-state index in [0.717, 1.165) is 10.2 Å². The molecule has 0 aliphatic rings. The molecule has 0 saturated heterocycles. The predicted molar refractivity (Wildman–Crippen MR) is 125 cm³/mol. The highest BCUT2D eigenvalue weighted by Gasteiger charge is 2.15.